The fraction of sp³-hybridized carbons (Fsp3) is 0.929. The molecule has 0 spiro atoms. The van der Waals surface area contributed by atoms with Gasteiger partial charge in [0.1, 0.15) is 5.84 Å². The fourth-order valence-corrected chi connectivity index (χ4v) is 2.10. The van der Waals surface area contributed by atoms with Crippen molar-refractivity contribution in [2.24, 2.45) is 21.7 Å². The van der Waals surface area contributed by atoms with Crippen LogP contribution in [0.4, 0.5) is 0 Å². The van der Waals surface area contributed by atoms with Crippen molar-refractivity contribution < 1.29 is 5.21 Å². The second kappa shape index (κ2) is 6.98. The molecule has 0 fully saturated rings. The predicted octanol–water partition coefficient (Wildman–Crippen LogP) is 2.91. The van der Waals surface area contributed by atoms with Crippen LogP contribution < -0.4 is 5.73 Å². The lowest BCUT2D eigenvalue weighted by Crippen LogP contribution is -2.32. The first-order chi connectivity index (χ1) is 8.08. The molecular weight excluding hydrogens is 226 g/mol. The standard InChI is InChI=1S/C14H31N3O/c1-13(2,3)11-17(6)10-8-7-9-14(4,5)12(15)16-18/h18H,7-11H2,1-6H3,(H2,15,16). The molecule has 0 aromatic carbocycles. The Morgan fingerprint density at radius 2 is 1.72 bits per heavy atom. The predicted molar refractivity (Wildman–Crippen MR) is 78.0 cm³/mol. The monoisotopic (exact) mass is 257 g/mol. The zero-order valence-electron chi connectivity index (χ0n) is 13.0. The number of oxime groups is 1. The lowest BCUT2D eigenvalue weighted by Gasteiger charge is -2.27. The van der Waals surface area contributed by atoms with Gasteiger partial charge in [0, 0.05) is 12.0 Å². The molecule has 0 aliphatic carbocycles. The topological polar surface area (TPSA) is 61.8 Å². The molecule has 0 unspecified atom stereocenters. The maximum Gasteiger partial charge on any atom is 0.144 e. The minimum absolute atomic E-state index is 0.211. The molecule has 0 atom stereocenters. The molecular formula is C14H31N3O. The van der Waals surface area contributed by atoms with Gasteiger partial charge in [-0.05, 0) is 31.8 Å². The number of unbranched alkanes of at least 4 members (excludes halogenated alkanes) is 1. The van der Waals surface area contributed by atoms with Crippen LogP contribution in [0.25, 0.3) is 0 Å². The minimum Gasteiger partial charge on any atom is -0.409 e. The average molecular weight is 257 g/mol. The molecule has 18 heavy (non-hydrogen) atoms. The second-order valence-electron chi connectivity index (χ2n) is 7.12. The van der Waals surface area contributed by atoms with Gasteiger partial charge in [-0.15, -0.1) is 0 Å². The molecule has 0 rings (SSSR count). The third-order valence-electron chi connectivity index (χ3n) is 3.14. The van der Waals surface area contributed by atoms with E-state index in [2.05, 4.69) is 37.9 Å². The normalized spacial score (nSPS) is 14.3. The van der Waals surface area contributed by atoms with Crippen LogP contribution in [0.15, 0.2) is 5.16 Å². The summed E-state index contributed by atoms with van der Waals surface area (Å²) in [7, 11) is 2.17. The molecule has 0 aromatic heterocycles. The number of rotatable bonds is 7. The van der Waals surface area contributed by atoms with Crippen LogP contribution >= 0.6 is 0 Å². The second-order valence-corrected chi connectivity index (χ2v) is 7.12. The molecule has 0 bridgehead atoms. The number of nitrogens with zero attached hydrogens (tertiary/aromatic N) is 2. The molecule has 0 heterocycles. The van der Waals surface area contributed by atoms with E-state index < -0.39 is 0 Å². The molecule has 4 heteroatoms. The summed E-state index contributed by atoms with van der Waals surface area (Å²) in [6, 6.07) is 0. The van der Waals surface area contributed by atoms with E-state index in [0.717, 1.165) is 32.4 Å². The Kier molecular flexibility index (Phi) is 6.68. The van der Waals surface area contributed by atoms with Crippen molar-refractivity contribution in [3.8, 4) is 0 Å². The van der Waals surface area contributed by atoms with Crippen LogP contribution in [-0.2, 0) is 0 Å². The van der Waals surface area contributed by atoms with Crippen molar-refractivity contribution in [3.63, 3.8) is 0 Å². The largest absolute Gasteiger partial charge is 0.409 e. The molecule has 0 aromatic rings. The van der Waals surface area contributed by atoms with Gasteiger partial charge in [0.05, 0.1) is 0 Å². The average Bonchev–Trinajstić information content (AvgIpc) is 2.20. The quantitative estimate of drug-likeness (QED) is 0.242. The van der Waals surface area contributed by atoms with E-state index in [1.165, 1.54) is 0 Å². The minimum atomic E-state index is -0.211. The summed E-state index contributed by atoms with van der Waals surface area (Å²) < 4.78 is 0. The smallest absolute Gasteiger partial charge is 0.144 e. The van der Waals surface area contributed by atoms with Gasteiger partial charge in [-0.25, -0.2) is 0 Å². The maximum atomic E-state index is 8.70. The molecule has 0 saturated carbocycles. The van der Waals surface area contributed by atoms with Crippen molar-refractivity contribution in [1.82, 2.24) is 4.90 Å². The molecule has 0 radical (unpaired) electrons. The first-order valence-corrected chi connectivity index (χ1v) is 6.75. The van der Waals surface area contributed by atoms with Crippen LogP contribution in [0.3, 0.4) is 0 Å². The number of hydrogen-bond acceptors (Lipinski definition) is 3. The van der Waals surface area contributed by atoms with Crippen molar-refractivity contribution in [2.45, 2.75) is 53.9 Å². The summed E-state index contributed by atoms with van der Waals surface area (Å²) in [6.07, 6.45) is 3.19. The van der Waals surface area contributed by atoms with E-state index >= 15 is 0 Å². The number of hydrogen-bond donors (Lipinski definition) is 2. The van der Waals surface area contributed by atoms with Gasteiger partial charge in [0.25, 0.3) is 0 Å². The van der Waals surface area contributed by atoms with Crippen LogP contribution in [0.2, 0.25) is 0 Å². The van der Waals surface area contributed by atoms with E-state index in [1.807, 2.05) is 13.8 Å². The molecule has 0 aliphatic rings. The molecule has 0 saturated heterocycles. The highest BCUT2D eigenvalue weighted by molar-refractivity contribution is 5.85. The summed E-state index contributed by atoms with van der Waals surface area (Å²) in [5.41, 5.74) is 5.80. The fourth-order valence-electron chi connectivity index (χ4n) is 2.10. The summed E-state index contributed by atoms with van der Waals surface area (Å²) >= 11 is 0. The molecule has 3 N–H and O–H groups in total. The zero-order chi connectivity index (χ0) is 14.4. The summed E-state index contributed by atoms with van der Waals surface area (Å²) in [6.45, 7) is 13.0. The van der Waals surface area contributed by atoms with Crippen molar-refractivity contribution in [3.05, 3.63) is 0 Å². The van der Waals surface area contributed by atoms with Crippen LogP contribution in [0.5, 0.6) is 0 Å². The highest BCUT2D eigenvalue weighted by Gasteiger charge is 2.22. The van der Waals surface area contributed by atoms with E-state index in [-0.39, 0.29) is 5.41 Å². The Morgan fingerprint density at radius 1 is 1.17 bits per heavy atom. The first kappa shape index (κ1) is 17.2. The summed E-state index contributed by atoms with van der Waals surface area (Å²) in [5, 5.41) is 11.8. The highest BCUT2D eigenvalue weighted by atomic mass is 16.4. The lowest BCUT2D eigenvalue weighted by molar-refractivity contribution is 0.221. The van der Waals surface area contributed by atoms with E-state index in [9.17, 15) is 0 Å². The Bertz CT molecular complexity index is 267. The summed E-state index contributed by atoms with van der Waals surface area (Å²) in [4.78, 5) is 2.37. The van der Waals surface area contributed by atoms with Gasteiger partial charge in [0.15, 0.2) is 0 Å². The highest BCUT2D eigenvalue weighted by Crippen LogP contribution is 2.23. The van der Waals surface area contributed by atoms with E-state index in [0.29, 0.717) is 11.3 Å². The molecule has 4 nitrogen and oxygen atoms in total. The van der Waals surface area contributed by atoms with Crippen molar-refractivity contribution >= 4 is 5.84 Å². The van der Waals surface area contributed by atoms with Gasteiger partial charge in [-0.2, -0.15) is 0 Å². The van der Waals surface area contributed by atoms with Crippen LogP contribution in [0.1, 0.15) is 53.9 Å². The third-order valence-corrected chi connectivity index (χ3v) is 3.14. The molecule has 108 valence electrons. The van der Waals surface area contributed by atoms with Gasteiger partial charge >= 0.3 is 0 Å². The van der Waals surface area contributed by atoms with Gasteiger partial charge < -0.3 is 15.8 Å². The van der Waals surface area contributed by atoms with Gasteiger partial charge in [-0.3, -0.25) is 0 Å². The van der Waals surface area contributed by atoms with E-state index in [1.54, 1.807) is 0 Å². The van der Waals surface area contributed by atoms with Gasteiger partial charge in [0.2, 0.25) is 0 Å². The molecule has 0 amide bonds. The third kappa shape index (κ3) is 7.54. The SMILES string of the molecule is CN(CCCCC(C)(C)C(N)=NO)CC(C)(C)C. The Morgan fingerprint density at radius 3 is 2.17 bits per heavy atom. The number of amidine groups is 1. The Labute approximate surface area is 112 Å². The van der Waals surface area contributed by atoms with Crippen LogP contribution in [0, 0.1) is 10.8 Å². The van der Waals surface area contributed by atoms with E-state index in [4.69, 9.17) is 10.9 Å². The molecule has 0 aliphatic heterocycles. The summed E-state index contributed by atoms with van der Waals surface area (Å²) in [5.74, 6) is 0.325. The zero-order valence-corrected chi connectivity index (χ0v) is 13.0. The van der Waals surface area contributed by atoms with Crippen molar-refractivity contribution in [1.29, 1.82) is 0 Å². The Hall–Kier alpha value is -0.770. The van der Waals surface area contributed by atoms with Gasteiger partial charge in [-0.1, -0.05) is 46.2 Å². The van der Waals surface area contributed by atoms with Crippen LogP contribution in [-0.4, -0.2) is 36.1 Å². The lowest BCUT2D eigenvalue weighted by atomic mass is 9.86. The van der Waals surface area contributed by atoms with Crippen molar-refractivity contribution in [2.75, 3.05) is 20.1 Å². The maximum absolute atomic E-state index is 8.70. The Balaban J connectivity index is 3.87. The first-order valence-electron chi connectivity index (χ1n) is 6.75. The number of nitrogens with two attached hydrogens (primary N) is 1.